The molecular formula is C30H31F2N3O4. The zero-order chi connectivity index (χ0) is 28.1. The lowest BCUT2D eigenvalue weighted by Gasteiger charge is -2.28. The van der Waals surface area contributed by atoms with Crippen LogP contribution >= 0.6 is 0 Å². The summed E-state index contributed by atoms with van der Waals surface area (Å²) in [6.07, 6.45) is -0.00400. The Morgan fingerprint density at radius 3 is 2.15 bits per heavy atom. The summed E-state index contributed by atoms with van der Waals surface area (Å²) >= 11 is 0. The highest BCUT2D eigenvalue weighted by atomic mass is 19.1. The Bertz CT molecular complexity index is 1320. The molecule has 0 fully saturated rings. The molecule has 0 saturated heterocycles. The molecule has 3 atom stereocenters. The van der Waals surface area contributed by atoms with Crippen LogP contribution in [0.25, 0.3) is 0 Å². The number of benzene rings is 3. The molecule has 0 aromatic heterocycles. The molecule has 2 amide bonds. The van der Waals surface area contributed by atoms with E-state index in [1.54, 1.807) is 12.1 Å². The van der Waals surface area contributed by atoms with Gasteiger partial charge in [-0.25, -0.2) is 13.6 Å². The number of nitrogens with two attached hydrogens (primary N) is 1. The second-order valence-corrected chi connectivity index (χ2v) is 9.63. The smallest absolute Gasteiger partial charge is 0.329 e. The number of aryl methyl sites for hydroxylation is 1. The van der Waals surface area contributed by atoms with Crippen molar-refractivity contribution < 1.29 is 27.9 Å². The van der Waals surface area contributed by atoms with Gasteiger partial charge in [0.1, 0.15) is 23.8 Å². The van der Waals surface area contributed by atoms with Crippen LogP contribution in [0.1, 0.15) is 51.3 Å². The van der Waals surface area contributed by atoms with Gasteiger partial charge in [-0.1, -0.05) is 43.3 Å². The van der Waals surface area contributed by atoms with Crippen LogP contribution in [0.5, 0.6) is 0 Å². The number of fused-ring (bicyclic) bond motifs is 1. The van der Waals surface area contributed by atoms with E-state index in [-0.39, 0.29) is 24.1 Å². The number of carbonyl (C=O) groups is 3. The van der Waals surface area contributed by atoms with E-state index < -0.39 is 47.6 Å². The number of esters is 1. The zero-order valence-electron chi connectivity index (χ0n) is 21.8. The van der Waals surface area contributed by atoms with E-state index in [9.17, 15) is 23.2 Å². The molecule has 0 saturated carbocycles. The summed E-state index contributed by atoms with van der Waals surface area (Å²) in [5, 5.41) is 3.24. The Morgan fingerprint density at radius 2 is 1.54 bits per heavy atom. The predicted octanol–water partition coefficient (Wildman–Crippen LogP) is 3.78. The summed E-state index contributed by atoms with van der Waals surface area (Å²) < 4.78 is 33.3. The van der Waals surface area contributed by atoms with Gasteiger partial charge >= 0.3 is 5.97 Å². The molecule has 1 heterocycles. The Balaban J connectivity index is 1.48. The van der Waals surface area contributed by atoms with Gasteiger partial charge in [-0.15, -0.1) is 0 Å². The third-order valence-electron chi connectivity index (χ3n) is 6.77. The summed E-state index contributed by atoms with van der Waals surface area (Å²) in [7, 11) is 0. The Hall–Kier alpha value is -3.95. The van der Waals surface area contributed by atoms with Crippen LogP contribution in [-0.4, -0.2) is 47.4 Å². The minimum absolute atomic E-state index is 0.0288. The standard InChI is InChI=1S/C30H31F2N3O4/c1-3-19-7-6-8-20(11-19)16-34-17-27(26(33)14-21-12-22(31)15-23(32)13-21)39-30(38)18(2)35-28(36)24-9-4-5-10-25(24)29(35)37/h4-13,15,18,26-27,34H,3,14,16-17,33H2,1-2H3/t18-,26?,27+/m0/s1. The lowest BCUT2D eigenvalue weighted by Crippen LogP contribution is -2.50. The fourth-order valence-corrected chi connectivity index (χ4v) is 4.64. The molecule has 39 heavy (non-hydrogen) atoms. The van der Waals surface area contributed by atoms with Crippen LogP contribution in [0, 0.1) is 11.6 Å². The van der Waals surface area contributed by atoms with Crippen molar-refractivity contribution in [3.05, 3.63) is 106 Å². The maximum atomic E-state index is 13.8. The van der Waals surface area contributed by atoms with E-state index in [1.165, 1.54) is 36.8 Å². The highest BCUT2D eigenvalue weighted by Gasteiger charge is 2.42. The van der Waals surface area contributed by atoms with Gasteiger partial charge in [-0.2, -0.15) is 0 Å². The fraction of sp³-hybridized carbons (Fsp3) is 0.300. The first kappa shape index (κ1) is 28.1. The van der Waals surface area contributed by atoms with Crippen molar-refractivity contribution in [3.63, 3.8) is 0 Å². The van der Waals surface area contributed by atoms with E-state index in [2.05, 4.69) is 18.3 Å². The summed E-state index contributed by atoms with van der Waals surface area (Å²) in [6.45, 7) is 4.08. The summed E-state index contributed by atoms with van der Waals surface area (Å²) in [4.78, 5) is 39.8. The van der Waals surface area contributed by atoms with Crippen molar-refractivity contribution in [1.29, 1.82) is 0 Å². The van der Waals surface area contributed by atoms with Crippen molar-refractivity contribution in [2.75, 3.05) is 6.54 Å². The van der Waals surface area contributed by atoms with Gasteiger partial charge < -0.3 is 15.8 Å². The van der Waals surface area contributed by atoms with E-state index in [4.69, 9.17) is 10.5 Å². The molecule has 0 spiro atoms. The van der Waals surface area contributed by atoms with Gasteiger partial charge in [0.2, 0.25) is 0 Å². The Morgan fingerprint density at radius 1 is 0.923 bits per heavy atom. The van der Waals surface area contributed by atoms with Crippen LogP contribution in [0.3, 0.4) is 0 Å². The first-order valence-electron chi connectivity index (χ1n) is 12.8. The van der Waals surface area contributed by atoms with Gasteiger partial charge in [0.05, 0.1) is 11.1 Å². The van der Waals surface area contributed by atoms with Crippen LogP contribution in [0.15, 0.2) is 66.7 Å². The molecule has 1 unspecified atom stereocenters. The summed E-state index contributed by atoms with van der Waals surface area (Å²) in [6, 6.07) is 15.4. The topological polar surface area (TPSA) is 102 Å². The highest BCUT2D eigenvalue weighted by molar-refractivity contribution is 6.22. The lowest BCUT2D eigenvalue weighted by atomic mass is 10.0. The van der Waals surface area contributed by atoms with Gasteiger partial charge in [-0.05, 0) is 60.7 Å². The molecule has 4 rings (SSSR count). The summed E-state index contributed by atoms with van der Waals surface area (Å²) in [5.41, 5.74) is 9.35. The van der Waals surface area contributed by atoms with Crippen molar-refractivity contribution in [1.82, 2.24) is 10.2 Å². The molecule has 0 radical (unpaired) electrons. The maximum absolute atomic E-state index is 13.8. The first-order chi connectivity index (χ1) is 18.7. The molecule has 7 nitrogen and oxygen atoms in total. The second kappa shape index (κ2) is 12.3. The average Bonchev–Trinajstić information content (AvgIpc) is 3.16. The Labute approximate surface area is 225 Å². The number of hydrogen-bond acceptors (Lipinski definition) is 6. The van der Waals surface area contributed by atoms with Crippen molar-refractivity contribution in [2.24, 2.45) is 5.73 Å². The van der Waals surface area contributed by atoms with Crippen LogP contribution < -0.4 is 11.1 Å². The fourth-order valence-electron chi connectivity index (χ4n) is 4.64. The van der Waals surface area contributed by atoms with Crippen molar-refractivity contribution in [2.45, 2.75) is 51.4 Å². The molecule has 204 valence electrons. The van der Waals surface area contributed by atoms with E-state index >= 15 is 0 Å². The quantitative estimate of drug-likeness (QED) is 0.286. The molecule has 3 aromatic rings. The third kappa shape index (κ3) is 6.55. The average molecular weight is 536 g/mol. The number of rotatable bonds is 11. The number of halogens is 2. The first-order valence-corrected chi connectivity index (χ1v) is 12.8. The normalized spacial score (nSPS) is 15.2. The number of carbonyl (C=O) groups excluding carboxylic acids is 3. The Kier molecular flexibility index (Phi) is 8.83. The molecular weight excluding hydrogens is 504 g/mol. The molecule has 3 N–H and O–H groups in total. The van der Waals surface area contributed by atoms with Crippen LogP contribution in [0.4, 0.5) is 8.78 Å². The predicted molar refractivity (Wildman–Crippen MR) is 142 cm³/mol. The lowest BCUT2D eigenvalue weighted by molar-refractivity contribution is -0.154. The molecule has 0 aliphatic carbocycles. The number of hydrogen-bond donors (Lipinski definition) is 2. The zero-order valence-corrected chi connectivity index (χ0v) is 21.8. The third-order valence-corrected chi connectivity index (χ3v) is 6.77. The minimum Gasteiger partial charge on any atom is -0.458 e. The summed E-state index contributed by atoms with van der Waals surface area (Å²) in [5.74, 6) is -3.45. The van der Waals surface area contributed by atoms with Gasteiger partial charge in [0.25, 0.3) is 11.8 Å². The molecule has 1 aliphatic heterocycles. The number of nitrogens with one attached hydrogen (secondary N) is 1. The van der Waals surface area contributed by atoms with Crippen molar-refractivity contribution >= 4 is 17.8 Å². The van der Waals surface area contributed by atoms with E-state index in [0.29, 0.717) is 12.1 Å². The highest BCUT2D eigenvalue weighted by Crippen LogP contribution is 2.25. The minimum atomic E-state index is -1.21. The number of imide groups is 1. The number of ether oxygens (including phenoxy) is 1. The van der Waals surface area contributed by atoms with Gasteiger partial charge in [0, 0.05) is 25.2 Å². The number of amides is 2. The van der Waals surface area contributed by atoms with Crippen molar-refractivity contribution in [3.8, 4) is 0 Å². The second-order valence-electron chi connectivity index (χ2n) is 9.63. The van der Waals surface area contributed by atoms with Crippen LogP contribution in [-0.2, 0) is 28.9 Å². The molecule has 9 heteroatoms. The molecule has 0 bridgehead atoms. The van der Waals surface area contributed by atoms with Gasteiger partial charge in [0.15, 0.2) is 0 Å². The van der Waals surface area contributed by atoms with Crippen LogP contribution in [0.2, 0.25) is 0 Å². The number of nitrogens with zero attached hydrogens (tertiary/aromatic N) is 1. The maximum Gasteiger partial charge on any atom is 0.329 e. The van der Waals surface area contributed by atoms with E-state index in [1.807, 2.05) is 18.2 Å². The van der Waals surface area contributed by atoms with Gasteiger partial charge in [-0.3, -0.25) is 14.5 Å². The molecule has 3 aromatic carbocycles. The largest absolute Gasteiger partial charge is 0.458 e. The SMILES string of the molecule is CCc1cccc(CNC[C@@H](OC(=O)[C@H](C)N2C(=O)c3ccccc3C2=O)C(N)Cc2cc(F)cc(F)c2)c1. The molecule has 1 aliphatic rings. The monoisotopic (exact) mass is 535 g/mol. The van der Waals surface area contributed by atoms with E-state index in [0.717, 1.165) is 23.0 Å².